The van der Waals surface area contributed by atoms with E-state index in [0.717, 1.165) is 25.0 Å². The minimum Gasteiger partial charge on any atom is -0.396 e. The fourth-order valence-corrected chi connectivity index (χ4v) is 3.45. The Kier molecular flexibility index (Phi) is 4.29. The number of nitrogen functional groups attached to an aromatic ring is 1. The van der Waals surface area contributed by atoms with Gasteiger partial charge in [0.2, 0.25) is 10.0 Å². The van der Waals surface area contributed by atoms with Crippen LogP contribution in [-0.2, 0) is 14.8 Å². The van der Waals surface area contributed by atoms with Crippen LogP contribution in [0.15, 0.2) is 17.0 Å². The highest BCUT2D eigenvalue weighted by Crippen LogP contribution is 2.26. The van der Waals surface area contributed by atoms with Gasteiger partial charge in [-0.1, -0.05) is 11.6 Å². The van der Waals surface area contributed by atoms with Gasteiger partial charge in [-0.25, -0.2) is 17.5 Å². The minimum absolute atomic E-state index is 0.133. The van der Waals surface area contributed by atoms with Crippen LogP contribution in [0.25, 0.3) is 0 Å². The number of nitrogens with one attached hydrogen (secondary N) is 1. The molecule has 0 spiro atoms. The van der Waals surface area contributed by atoms with Crippen molar-refractivity contribution in [3.8, 4) is 0 Å². The summed E-state index contributed by atoms with van der Waals surface area (Å²) in [4.78, 5) is -0.230. The molecule has 1 heterocycles. The number of halogens is 2. The Labute approximate surface area is 115 Å². The number of hydrogen-bond donors (Lipinski definition) is 2. The summed E-state index contributed by atoms with van der Waals surface area (Å²) in [6.07, 6.45) is 1.59. The molecule has 1 unspecified atom stereocenters. The lowest BCUT2D eigenvalue weighted by Gasteiger charge is -2.12. The molecule has 1 aliphatic heterocycles. The molecule has 0 aliphatic carbocycles. The van der Waals surface area contributed by atoms with Crippen LogP contribution >= 0.6 is 11.6 Å². The van der Waals surface area contributed by atoms with Crippen LogP contribution in [0.4, 0.5) is 10.1 Å². The van der Waals surface area contributed by atoms with Gasteiger partial charge in [-0.05, 0) is 25.0 Å². The lowest BCUT2D eigenvalue weighted by Crippen LogP contribution is -2.32. The van der Waals surface area contributed by atoms with E-state index >= 15 is 0 Å². The standard InChI is InChI=1S/C11H14ClFN2O3S/c12-8-4-9(13)10(14)5-11(8)19(16,17)15-6-7-2-1-3-18-7/h4-5,7,15H,1-3,6,14H2. The predicted octanol–water partition coefficient (Wildman–Crippen LogP) is 1.52. The molecule has 1 fully saturated rings. The van der Waals surface area contributed by atoms with Crippen molar-refractivity contribution in [2.24, 2.45) is 0 Å². The maximum Gasteiger partial charge on any atom is 0.242 e. The van der Waals surface area contributed by atoms with E-state index in [-0.39, 0.29) is 28.3 Å². The molecule has 0 saturated carbocycles. The first-order chi connectivity index (χ1) is 8.90. The average Bonchev–Trinajstić information content (AvgIpc) is 2.84. The van der Waals surface area contributed by atoms with Gasteiger partial charge >= 0.3 is 0 Å². The summed E-state index contributed by atoms with van der Waals surface area (Å²) in [7, 11) is -3.83. The molecule has 0 bridgehead atoms. The fourth-order valence-electron chi connectivity index (χ4n) is 1.84. The molecule has 1 atom stereocenters. The molecule has 8 heteroatoms. The van der Waals surface area contributed by atoms with Gasteiger partial charge in [-0.3, -0.25) is 0 Å². The Morgan fingerprint density at radius 2 is 2.26 bits per heavy atom. The normalized spacial score (nSPS) is 19.8. The van der Waals surface area contributed by atoms with Crippen LogP contribution in [0.2, 0.25) is 5.02 Å². The third-order valence-corrected chi connectivity index (χ3v) is 4.75. The third-order valence-electron chi connectivity index (χ3n) is 2.87. The van der Waals surface area contributed by atoms with E-state index in [9.17, 15) is 12.8 Å². The maximum absolute atomic E-state index is 13.1. The van der Waals surface area contributed by atoms with Crippen LogP contribution in [-0.4, -0.2) is 27.7 Å². The summed E-state index contributed by atoms with van der Waals surface area (Å²) in [6.45, 7) is 0.798. The topological polar surface area (TPSA) is 81.4 Å². The van der Waals surface area contributed by atoms with Gasteiger partial charge in [0.1, 0.15) is 10.7 Å². The van der Waals surface area contributed by atoms with Crippen molar-refractivity contribution in [3.63, 3.8) is 0 Å². The van der Waals surface area contributed by atoms with E-state index < -0.39 is 15.8 Å². The second kappa shape index (κ2) is 5.62. The van der Waals surface area contributed by atoms with Crippen LogP contribution in [0, 0.1) is 5.82 Å². The SMILES string of the molecule is Nc1cc(S(=O)(=O)NCC2CCCO2)c(Cl)cc1F. The Morgan fingerprint density at radius 3 is 2.89 bits per heavy atom. The summed E-state index contributed by atoms with van der Waals surface area (Å²) >= 11 is 5.74. The van der Waals surface area contributed by atoms with Crippen molar-refractivity contribution < 1.29 is 17.5 Å². The molecule has 1 aromatic rings. The van der Waals surface area contributed by atoms with E-state index in [2.05, 4.69) is 4.72 Å². The number of ether oxygens (including phenoxy) is 1. The summed E-state index contributed by atoms with van der Waals surface area (Å²) in [5.41, 5.74) is 5.09. The second-order valence-electron chi connectivity index (χ2n) is 4.29. The Balaban J connectivity index is 2.16. The Bertz CT molecular complexity index is 574. The zero-order valence-corrected chi connectivity index (χ0v) is 11.6. The monoisotopic (exact) mass is 308 g/mol. The van der Waals surface area contributed by atoms with Crippen molar-refractivity contribution in [1.82, 2.24) is 4.72 Å². The Hall–Kier alpha value is -0.890. The zero-order chi connectivity index (χ0) is 14.0. The van der Waals surface area contributed by atoms with Gasteiger partial charge in [0.25, 0.3) is 0 Å². The molecule has 1 saturated heterocycles. The summed E-state index contributed by atoms with van der Waals surface area (Å²) in [5.74, 6) is -0.747. The van der Waals surface area contributed by atoms with Gasteiger partial charge in [0.05, 0.1) is 16.8 Å². The minimum atomic E-state index is -3.83. The maximum atomic E-state index is 13.1. The fraction of sp³-hybridized carbons (Fsp3) is 0.455. The zero-order valence-electron chi connectivity index (χ0n) is 10.0. The summed E-state index contributed by atoms with van der Waals surface area (Å²) in [6, 6.07) is 1.90. The number of anilines is 1. The lowest BCUT2D eigenvalue weighted by molar-refractivity contribution is 0.114. The molecule has 2 rings (SSSR count). The molecular weight excluding hydrogens is 295 g/mol. The number of sulfonamides is 1. The average molecular weight is 309 g/mol. The summed E-state index contributed by atoms with van der Waals surface area (Å²) in [5, 5.41) is -0.202. The summed E-state index contributed by atoms with van der Waals surface area (Å²) < 4.78 is 44.9. The van der Waals surface area contributed by atoms with Gasteiger partial charge in [0, 0.05) is 13.2 Å². The first-order valence-electron chi connectivity index (χ1n) is 5.76. The van der Waals surface area contributed by atoms with Gasteiger partial charge in [-0.2, -0.15) is 0 Å². The highest BCUT2D eigenvalue weighted by atomic mass is 35.5. The molecular formula is C11H14ClFN2O3S. The largest absolute Gasteiger partial charge is 0.396 e. The van der Waals surface area contributed by atoms with Crippen LogP contribution in [0.1, 0.15) is 12.8 Å². The van der Waals surface area contributed by atoms with Crippen LogP contribution < -0.4 is 10.5 Å². The third kappa shape index (κ3) is 3.36. The van der Waals surface area contributed by atoms with Crippen molar-refractivity contribution in [3.05, 3.63) is 23.0 Å². The number of hydrogen-bond acceptors (Lipinski definition) is 4. The van der Waals surface area contributed by atoms with Gasteiger partial charge in [0.15, 0.2) is 0 Å². The van der Waals surface area contributed by atoms with E-state index in [4.69, 9.17) is 22.1 Å². The molecule has 0 radical (unpaired) electrons. The first-order valence-corrected chi connectivity index (χ1v) is 7.62. The van der Waals surface area contributed by atoms with E-state index in [0.29, 0.717) is 6.61 Å². The van der Waals surface area contributed by atoms with Crippen molar-refractivity contribution in [2.45, 2.75) is 23.8 Å². The van der Waals surface area contributed by atoms with Gasteiger partial charge < -0.3 is 10.5 Å². The lowest BCUT2D eigenvalue weighted by atomic mass is 10.2. The number of rotatable bonds is 4. The molecule has 106 valence electrons. The van der Waals surface area contributed by atoms with Crippen molar-refractivity contribution in [2.75, 3.05) is 18.9 Å². The van der Waals surface area contributed by atoms with Crippen molar-refractivity contribution >= 4 is 27.3 Å². The highest BCUT2D eigenvalue weighted by Gasteiger charge is 2.23. The molecule has 1 aliphatic rings. The number of benzene rings is 1. The van der Waals surface area contributed by atoms with E-state index in [1.807, 2.05) is 0 Å². The van der Waals surface area contributed by atoms with E-state index in [1.54, 1.807) is 0 Å². The molecule has 1 aromatic carbocycles. The quantitative estimate of drug-likeness (QED) is 0.826. The van der Waals surface area contributed by atoms with Crippen LogP contribution in [0.5, 0.6) is 0 Å². The van der Waals surface area contributed by atoms with Crippen LogP contribution in [0.3, 0.4) is 0 Å². The second-order valence-corrected chi connectivity index (χ2v) is 6.43. The predicted molar refractivity (Wildman–Crippen MR) is 70.0 cm³/mol. The molecule has 0 amide bonds. The molecule has 19 heavy (non-hydrogen) atoms. The molecule has 3 N–H and O–H groups in total. The first kappa shape index (κ1) is 14.5. The molecule has 0 aromatic heterocycles. The Morgan fingerprint density at radius 1 is 1.53 bits per heavy atom. The highest BCUT2D eigenvalue weighted by molar-refractivity contribution is 7.89. The number of nitrogens with two attached hydrogens (primary N) is 1. The molecule has 5 nitrogen and oxygen atoms in total. The van der Waals surface area contributed by atoms with Gasteiger partial charge in [-0.15, -0.1) is 0 Å². The van der Waals surface area contributed by atoms with E-state index in [1.165, 1.54) is 0 Å². The van der Waals surface area contributed by atoms with Crippen molar-refractivity contribution in [1.29, 1.82) is 0 Å². The smallest absolute Gasteiger partial charge is 0.242 e.